The van der Waals surface area contributed by atoms with E-state index < -0.39 is 0 Å². The number of benzene rings is 2. The fraction of sp³-hybridized carbons (Fsp3) is 0.348. The number of hydrogen-bond acceptors (Lipinski definition) is 2. The van der Waals surface area contributed by atoms with Gasteiger partial charge in [-0.05, 0) is 43.6 Å². The molecule has 1 N–H and O–H groups in total. The number of likely N-dealkylation sites (N-methyl/N-ethyl adjacent to an activating group) is 1. The smallest absolute Gasteiger partial charge is 0.253 e. The van der Waals surface area contributed by atoms with Gasteiger partial charge in [-0.2, -0.15) is 0 Å². The number of hydrogen-bond donors (Lipinski definition) is 1. The van der Waals surface area contributed by atoms with E-state index in [1.165, 1.54) is 11.1 Å². The Labute approximate surface area is 160 Å². The van der Waals surface area contributed by atoms with Gasteiger partial charge in [-0.15, -0.1) is 0 Å². The van der Waals surface area contributed by atoms with E-state index >= 15 is 0 Å². The number of nitrogens with one attached hydrogen (secondary N) is 1. The fourth-order valence-corrected chi connectivity index (χ4v) is 4.15. The van der Waals surface area contributed by atoms with Gasteiger partial charge in [0.2, 0.25) is 0 Å². The lowest BCUT2D eigenvalue weighted by Gasteiger charge is -2.18. The normalized spacial score (nSPS) is 18.8. The average molecular weight is 361 g/mol. The SMILES string of the molecule is CC1Cc2ccccc2C1NC(=O)c1cn(CCN(C)C)c2ccccc12. The molecule has 1 aliphatic rings. The van der Waals surface area contributed by atoms with Crippen molar-refractivity contribution >= 4 is 16.8 Å². The van der Waals surface area contributed by atoms with Crippen molar-refractivity contribution in [3.05, 3.63) is 71.4 Å². The van der Waals surface area contributed by atoms with E-state index in [0.717, 1.165) is 36.0 Å². The van der Waals surface area contributed by atoms with Crippen LogP contribution in [0.2, 0.25) is 0 Å². The molecule has 0 spiro atoms. The third kappa shape index (κ3) is 3.37. The molecule has 4 heteroatoms. The Balaban J connectivity index is 1.63. The second-order valence-electron chi connectivity index (χ2n) is 7.89. The number of carbonyl (C=O) groups excluding carboxylic acids is 1. The molecule has 0 radical (unpaired) electrons. The summed E-state index contributed by atoms with van der Waals surface area (Å²) in [7, 11) is 4.14. The van der Waals surface area contributed by atoms with Crippen molar-refractivity contribution in [2.24, 2.45) is 5.92 Å². The van der Waals surface area contributed by atoms with Gasteiger partial charge in [0.15, 0.2) is 0 Å². The van der Waals surface area contributed by atoms with Crippen LogP contribution >= 0.6 is 0 Å². The van der Waals surface area contributed by atoms with E-state index in [1.54, 1.807) is 0 Å². The molecular weight excluding hydrogens is 334 g/mol. The maximum Gasteiger partial charge on any atom is 0.253 e. The zero-order valence-corrected chi connectivity index (χ0v) is 16.3. The van der Waals surface area contributed by atoms with Gasteiger partial charge >= 0.3 is 0 Å². The van der Waals surface area contributed by atoms with Crippen LogP contribution in [0.4, 0.5) is 0 Å². The summed E-state index contributed by atoms with van der Waals surface area (Å²) >= 11 is 0. The minimum absolute atomic E-state index is 0.0170. The van der Waals surface area contributed by atoms with Crippen LogP contribution in [0.1, 0.15) is 34.5 Å². The lowest BCUT2D eigenvalue weighted by molar-refractivity contribution is 0.0928. The van der Waals surface area contributed by atoms with Crippen LogP contribution in [0, 0.1) is 5.92 Å². The van der Waals surface area contributed by atoms with E-state index in [1.807, 2.05) is 24.4 Å². The molecule has 1 aliphatic carbocycles. The van der Waals surface area contributed by atoms with Gasteiger partial charge in [-0.3, -0.25) is 4.79 Å². The quantitative estimate of drug-likeness (QED) is 0.749. The van der Waals surface area contributed by atoms with E-state index in [2.05, 4.69) is 66.1 Å². The molecular formula is C23H27N3O. The summed E-state index contributed by atoms with van der Waals surface area (Å²) < 4.78 is 2.19. The van der Waals surface area contributed by atoms with Gasteiger partial charge in [-0.25, -0.2) is 0 Å². The fourth-order valence-electron chi connectivity index (χ4n) is 4.15. The predicted octanol–water partition coefficient (Wildman–Crippen LogP) is 3.87. The van der Waals surface area contributed by atoms with Crippen LogP contribution in [-0.4, -0.2) is 36.0 Å². The highest BCUT2D eigenvalue weighted by atomic mass is 16.1. The Hall–Kier alpha value is -2.59. The minimum atomic E-state index is 0.0170. The molecule has 4 rings (SSSR count). The van der Waals surface area contributed by atoms with E-state index in [4.69, 9.17) is 0 Å². The Morgan fingerprint density at radius 3 is 2.70 bits per heavy atom. The van der Waals surface area contributed by atoms with Crippen molar-refractivity contribution in [3.8, 4) is 0 Å². The first-order valence-electron chi connectivity index (χ1n) is 9.66. The number of rotatable bonds is 5. The number of nitrogens with zero attached hydrogens (tertiary/aromatic N) is 2. The van der Waals surface area contributed by atoms with Crippen LogP contribution in [0.3, 0.4) is 0 Å². The summed E-state index contributed by atoms with van der Waals surface area (Å²) in [5.74, 6) is 0.428. The van der Waals surface area contributed by atoms with Gasteiger partial charge in [0.05, 0.1) is 11.6 Å². The summed E-state index contributed by atoms with van der Waals surface area (Å²) in [6.07, 6.45) is 3.03. The summed E-state index contributed by atoms with van der Waals surface area (Å²) in [5.41, 5.74) is 4.49. The first kappa shape index (κ1) is 17.8. The highest BCUT2D eigenvalue weighted by molar-refractivity contribution is 6.07. The third-order valence-corrected chi connectivity index (χ3v) is 5.61. The zero-order valence-electron chi connectivity index (χ0n) is 16.3. The number of aromatic nitrogens is 1. The average Bonchev–Trinajstić information content (AvgIpc) is 3.18. The molecule has 2 aromatic carbocycles. The molecule has 0 aliphatic heterocycles. The van der Waals surface area contributed by atoms with E-state index in [9.17, 15) is 4.79 Å². The molecule has 0 bridgehead atoms. The zero-order chi connectivity index (χ0) is 19.0. The topological polar surface area (TPSA) is 37.3 Å². The number of amides is 1. The predicted molar refractivity (Wildman–Crippen MR) is 110 cm³/mol. The second-order valence-corrected chi connectivity index (χ2v) is 7.89. The molecule has 2 unspecified atom stereocenters. The largest absolute Gasteiger partial charge is 0.345 e. The Morgan fingerprint density at radius 2 is 1.89 bits per heavy atom. The maximum absolute atomic E-state index is 13.2. The number of carbonyl (C=O) groups is 1. The summed E-state index contributed by atoms with van der Waals surface area (Å²) in [6, 6.07) is 16.7. The van der Waals surface area contributed by atoms with Gasteiger partial charge < -0.3 is 14.8 Å². The molecule has 2 atom stereocenters. The highest BCUT2D eigenvalue weighted by Gasteiger charge is 2.31. The first-order chi connectivity index (χ1) is 13.0. The van der Waals surface area contributed by atoms with Crippen molar-refractivity contribution in [2.75, 3.05) is 20.6 Å². The lowest BCUT2D eigenvalue weighted by Crippen LogP contribution is -2.30. The molecule has 1 aromatic heterocycles. The maximum atomic E-state index is 13.2. The minimum Gasteiger partial charge on any atom is -0.345 e. The van der Waals surface area contributed by atoms with Gasteiger partial charge in [0.25, 0.3) is 5.91 Å². The first-order valence-corrected chi connectivity index (χ1v) is 9.66. The molecule has 4 nitrogen and oxygen atoms in total. The second kappa shape index (κ2) is 7.20. The van der Waals surface area contributed by atoms with Gasteiger partial charge in [0, 0.05) is 30.2 Å². The highest BCUT2D eigenvalue weighted by Crippen LogP contribution is 2.36. The Morgan fingerprint density at radius 1 is 1.15 bits per heavy atom. The van der Waals surface area contributed by atoms with Crippen molar-refractivity contribution in [1.82, 2.24) is 14.8 Å². The van der Waals surface area contributed by atoms with Crippen molar-refractivity contribution in [2.45, 2.75) is 25.9 Å². The molecule has 3 aromatic rings. The lowest BCUT2D eigenvalue weighted by atomic mass is 10.0. The summed E-state index contributed by atoms with van der Waals surface area (Å²) in [4.78, 5) is 15.3. The van der Waals surface area contributed by atoms with Crippen molar-refractivity contribution < 1.29 is 4.79 Å². The molecule has 0 saturated heterocycles. The molecule has 1 heterocycles. The van der Waals surface area contributed by atoms with Gasteiger partial charge in [-0.1, -0.05) is 49.4 Å². The molecule has 27 heavy (non-hydrogen) atoms. The van der Waals surface area contributed by atoms with Crippen molar-refractivity contribution in [3.63, 3.8) is 0 Å². The van der Waals surface area contributed by atoms with Gasteiger partial charge in [0.1, 0.15) is 0 Å². The summed E-state index contributed by atoms with van der Waals surface area (Å²) in [5, 5.41) is 4.33. The van der Waals surface area contributed by atoms with Crippen molar-refractivity contribution in [1.29, 1.82) is 0 Å². The number of para-hydroxylation sites is 1. The Kier molecular flexibility index (Phi) is 4.75. The van der Waals surface area contributed by atoms with E-state index in [-0.39, 0.29) is 11.9 Å². The molecule has 140 valence electrons. The standard InChI is InChI=1S/C23H27N3O/c1-16-14-17-8-4-5-9-18(17)22(16)24-23(27)20-15-26(13-12-25(2)3)21-11-7-6-10-19(20)21/h4-11,15-16,22H,12-14H2,1-3H3,(H,24,27). The third-order valence-electron chi connectivity index (χ3n) is 5.61. The van der Waals surface area contributed by atoms with Crippen LogP contribution in [0.15, 0.2) is 54.7 Å². The molecule has 0 fully saturated rings. The molecule has 1 amide bonds. The van der Waals surface area contributed by atoms with Crippen LogP contribution in [0.25, 0.3) is 10.9 Å². The monoisotopic (exact) mass is 361 g/mol. The molecule has 0 saturated carbocycles. The van der Waals surface area contributed by atoms with Crippen LogP contribution in [0.5, 0.6) is 0 Å². The van der Waals surface area contributed by atoms with E-state index in [0.29, 0.717) is 5.92 Å². The van der Waals surface area contributed by atoms with Crippen LogP contribution < -0.4 is 5.32 Å². The van der Waals surface area contributed by atoms with Crippen LogP contribution in [-0.2, 0) is 13.0 Å². The summed E-state index contributed by atoms with van der Waals surface area (Å²) in [6.45, 7) is 4.02. The number of fused-ring (bicyclic) bond motifs is 2. The Bertz CT molecular complexity index is 973.